The van der Waals surface area contributed by atoms with Gasteiger partial charge in [-0.05, 0) is 31.9 Å². The summed E-state index contributed by atoms with van der Waals surface area (Å²) in [6.07, 6.45) is 2.06. The summed E-state index contributed by atoms with van der Waals surface area (Å²) in [7, 11) is 0. The number of thioether (sulfide) groups is 1. The quantitative estimate of drug-likeness (QED) is 0.506. The van der Waals surface area contributed by atoms with Crippen LogP contribution in [0.15, 0.2) is 38.7 Å². The lowest BCUT2D eigenvalue weighted by molar-refractivity contribution is 0.372. The number of aromatic nitrogens is 4. The highest BCUT2D eigenvalue weighted by Gasteiger charge is 2.30. The minimum atomic E-state index is -0.0712. The van der Waals surface area contributed by atoms with Crippen molar-refractivity contribution in [2.24, 2.45) is 0 Å². The Kier molecular flexibility index (Phi) is 4.11. The summed E-state index contributed by atoms with van der Waals surface area (Å²) in [6.45, 7) is 6.06. The highest BCUT2D eigenvalue weighted by molar-refractivity contribution is 7.99. The number of fused-ring (bicyclic) bond motifs is 1. The first kappa shape index (κ1) is 16.3. The monoisotopic (exact) mass is 356 g/mol. The lowest BCUT2D eigenvalue weighted by atomic mass is 10.2. The molecule has 25 heavy (non-hydrogen) atoms. The Hall–Kier alpha value is -2.15. The maximum atomic E-state index is 12.9. The molecular formula is C18H20N4O2S. The predicted molar refractivity (Wildman–Crippen MR) is 96.9 cm³/mol. The van der Waals surface area contributed by atoms with Crippen LogP contribution >= 0.6 is 11.8 Å². The van der Waals surface area contributed by atoms with E-state index in [-0.39, 0.29) is 22.8 Å². The van der Waals surface area contributed by atoms with Gasteiger partial charge in [-0.25, -0.2) is 4.98 Å². The van der Waals surface area contributed by atoms with Crippen LogP contribution in [0, 0.1) is 0 Å². The van der Waals surface area contributed by atoms with E-state index in [9.17, 15) is 4.79 Å². The molecule has 1 aliphatic carbocycles. The van der Waals surface area contributed by atoms with Gasteiger partial charge in [0.25, 0.3) is 5.56 Å². The zero-order valence-corrected chi connectivity index (χ0v) is 15.3. The van der Waals surface area contributed by atoms with Gasteiger partial charge in [0.1, 0.15) is 0 Å². The lowest BCUT2D eigenvalue weighted by Gasteiger charge is -2.14. The van der Waals surface area contributed by atoms with E-state index in [1.165, 1.54) is 11.8 Å². The van der Waals surface area contributed by atoms with E-state index < -0.39 is 0 Å². The van der Waals surface area contributed by atoms with Gasteiger partial charge in [0.2, 0.25) is 5.89 Å². The molecule has 0 radical (unpaired) electrons. The van der Waals surface area contributed by atoms with Crippen molar-refractivity contribution in [3.63, 3.8) is 0 Å². The SMILES string of the molecule is CC(C)c1noc([C@H](C)Sc2nc3ccccc3c(=O)n2C2CC2)n1. The molecule has 0 aliphatic heterocycles. The van der Waals surface area contributed by atoms with Gasteiger partial charge in [-0.1, -0.05) is 42.9 Å². The first-order valence-electron chi connectivity index (χ1n) is 8.56. The van der Waals surface area contributed by atoms with Crippen LogP contribution in [-0.2, 0) is 0 Å². The van der Waals surface area contributed by atoms with Gasteiger partial charge < -0.3 is 4.52 Å². The van der Waals surface area contributed by atoms with E-state index in [0.29, 0.717) is 17.1 Å². The Bertz CT molecular complexity index is 975. The van der Waals surface area contributed by atoms with E-state index in [4.69, 9.17) is 9.51 Å². The summed E-state index contributed by atoms with van der Waals surface area (Å²) in [5, 5.41) is 5.35. The van der Waals surface area contributed by atoms with E-state index >= 15 is 0 Å². The van der Waals surface area contributed by atoms with Crippen LogP contribution in [0.5, 0.6) is 0 Å². The Morgan fingerprint density at radius 3 is 2.64 bits per heavy atom. The van der Waals surface area contributed by atoms with Crippen molar-refractivity contribution in [2.45, 2.75) is 56.0 Å². The predicted octanol–water partition coefficient (Wildman–Crippen LogP) is 4.09. The Labute approximate surface area is 149 Å². The molecule has 1 aromatic carbocycles. The van der Waals surface area contributed by atoms with Gasteiger partial charge in [0.05, 0.1) is 16.2 Å². The second kappa shape index (κ2) is 6.29. The second-order valence-electron chi connectivity index (χ2n) is 6.72. The zero-order valence-electron chi connectivity index (χ0n) is 14.5. The molecule has 0 unspecified atom stereocenters. The van der Waals surface area contributed by atoms with E-state index in [1.54, 1.807) is 0 Å². The minimum absolute atomic E-state index is 0.0381. The third-order valence-corrected chi connectivity index (χ3v) is 5.35. The fraction of sp³-hybridized carbons (Fsp3) is 0.444. The molecule has 0 bridgehead atoms. The zero-order chi connectivity index (χ0) is 17.6. The maximum Gasteiger partial charge on any atom is 0.262 e. The average Bonchev–Trinajstić information content (AvgIpc) is 3.29. The average molecular weight is 356 g/mol. The van der Waals surface area contributed by atoms with Crippen LogP contribution in [0.1, 0.15) is 62.5 Å². The Balaban J connectivity index is 1.72. The molecule has 0 spiro atoms. The molecule has 2 aromatic heterocycles. The number of nitrogens with zero attached hydrogens (tertiary/aromatic N) is 4. The summed E-state index contributed by atoms with van der Waals surface area (Å²) in [5.74, 6) is 1.49. The van der Waals surface area contributed by atoms with Gasteiger partial charge in [0, 0.05) is 12.0 Å². The summed E-state index contributed by atoms with van der Waals surface area (Å²) in [6, 6.07) is 7.76. The number of hydrogen-bond donors (Lipinski definition) is 0. The molecule has 0 N–H and O–H groups in total. The van der Waals surface area contributed by atoms with Gasteiger partial charge in [-0.3, -0.25) is 9.36 Å². The molecule has 3 aromatic rings. The normalized spacial score (nSPS) is 15.8. The summed E-state index contributed by atoms with van der Waals surface area (Å²) >= 11 is 1.50. The van der Waals surface area contributed by atoms with Crippen molar-refractivity contribution in [1.29, 1.82) is 0 Å². The van der Waals surface area contributed by atoms with Crippen molar-refractivity contribution >= 4 is 22.7 Å². The largest absolute Gasteiger partial charge is 0.338 e. The van der Waals surface area contributed by atoms with Crippen molar-refractivity contribution in [3.05, 3.63) is 46.3 Å². The molecule has 0 saturated heterocycles. The van der Waals surface area contributed by atoms with E-state index in [1.807, 2.05) is 49.6 Å². The Morgan fingerprint density at radius 2 is 1.96 bits per heavy atom. The van der Waals surface area contributed by atoms with Crippen LogP contribution in [0.4, 0.5) is 0 Å². The number of para-hydroxylation sites is 1. The molecule has 130 valence electrons. The van der Waals surface area contributed by atoms with Gasteiger partial charge >= 0.3 is 0 Å². The van der Waals surface area contributed by atoms with Crippen LogP contribution < -0.4 is 5.56 Å². The van der Waals surface area contributed by atoms with Crippen molar-refractivity contribution in [1.82, 2.24) is 19.7 Å². The van der Waals surface area contributed by atoms with Crippen LogP contribution in [0.2, 0.25) is 0 Å². The molecular weight excluding hydrogens is 336 g/mol. The highest BCUT2D eigenvalue weighted by Crippen LogP contribution is 2.40. The van der Waals surface area contributed by atoms with Gasteiger partial charge in [-0.2, -0.15) is 4.98 Å². The third kappa shape index (κ3) is 3.08. The molecule has 1 aliphatic rings. The second-order valence-corrected chi connectivity index (χ2v) is 8.03. The van der Waals surface area contributed by atoms with E-state index in [2.05, 4.69) is 10.1 Å². The standard InChI is InChI=1S/C18H20N4O2S/c1-10(2)15-20-16(24-21-15)11(3)25-18-19-14-7-5-4-6-13(14)17(23)22(18)12-8-9-12/h4-7,10-12H,8-9H2,1-3H3/t11-/m0/s1. The van der Waals surface area contributed by atoms with Crippen LogP contribution in [-0.4, -0.2) is 19.7 Å². The summed E-state index contributed by atoms with van der Waals surface area (Å²) in [4.78, 5) is 22.1. The minimum Gasteiger partial charge on any atom is -0.338 e. The molecule has 7 heteroatoms. The summed E-state index contributed by atoms with van der Waals surface area (Å²) < 4.78 is 7.23. The number of rotatable bonds is 5. The highest BCUT2D eigenvalue weighted by atomic mass is 32.2. The fourth-order valence-corrected chi connectivity index (χ4v) is 3.73. The molecule has 4 rings (SSSR count). The number of benzene rings is 1. The molecule has 1 fully saturated rings. The first-order valence-corrected chi connectivity index (χ1v) is 9.44. The van der Waals surface area contributed by atoms with E-state index in [0.717, 1.165) is 23.5 Å². The third-order valence-electron chi connectivity index (χ3n) is 4.29. The maximum absolute atomic E-state index is 12.9. The van der Waals surface area contributed by atoms with Crippen molar-refractivity contribution < 1.29 is 4.52 Å². The van der Waals surface area contributed by atoms with Crippen molar-refractivity contribution in [3.8, 4) is 0 Å². The van der Waals surface area contributed by atoms with Crippen molar-refractivity contribution in [2.75, 3.05) is 0 Å². The summed E-state index contributed by atoms with van der Waals surface area (Å²) in [5.41, 5.74) is 0.767. The smallest absolute Gasteiger partial charge is 0.262 e. The number of hydrogen-bond acceptors (Lipinski definition) is 6. The van der Waals surface area contributed by atoms with Gasteiger partial charge in [0.15, 0.2) is 11.0 Å². The molecule has 6 nitrogen and oxygen atoms in total. The van der Waals surface area contributed by atoms with Crippen LogP contribution in [0.3, 0.4) is 0 Å². The Morgan fingerprint density at radius 1 is 1.20 bits per heavy atom. The molecule has 0 amide bonds. The molecule has 2 heterocycles. The van der Waals surface area contributed by atoms with Gasteiger partial charge in [-0.15, -0.1) is 0 Å². The fourth-order valence-electron chi connectivity index (χ4n) is 2.72. The topological polar surface area (TPSA) is 73.8 Å². The first-order chi connectivity index (χ1) is 12.0. The molecule has 1 saturated carbocycles. The molecule has 1 atom stereocenters. The lowest BCUT2D eigenvalue weighted by Crippen LogP contribution is -2.22. The van der Waals surface area contributed by atoms with Crippen LogP contribution in [0.25, 0.3) is 10.9 Å².